The van der Waals surface area contributed by atoms with E-state index in [-0.39, 0.29) is 11.8 Å². The van der Waals surface area contributed by atoms with E-state index in [1.54, 1.807) is 12.1 Å². The van der Waals surface area contributed by atoms with Crippen molar-refractivity contribution in [3.8, 4) is 0 Å². The first-order valence-corrected chi connectivity index (χ1v) is 10.3. The van der Waals surface area contributed by atoms with E-state index in [0.29, 0.717) is 0 Å². The predicted octanol–water partition coefficient (Wildman–Crippen LogP) is 3.35. The number of rotatable bonds is 7. The molecule has 1 atom stereocenters. The van der Waals surface area contributed by atoms with E-state index in [0.717, 1.165) is 23.1 Å². The lowest BCUT2D eigenvalue weighted by molar-refractivity contribution is -0.119. The van der Waals surface area contributed by atoms with Gasteiger partial charge in [0, 0.05) is 0 Å². The number of benzene rings is 2. The van der Waals surface area contributed by atoms with Gasteiger partial charge in [-0.2, -0.15) is 0 Å². The Kier molecular flexibility index (Phi) is 6.37. The number of aryl methyl sites for hydroxylation is 2. The number of amides is 1. The molecular weight excluding hydrogens is 334 g/mol. The highest BCUT2D eigenvalue weighted by Crippen LogP contribution is 2.15. The second-order valence-corrected chi connectivity index (χ2v) is 8.41. The van der Waals surface area contributed by atoms with E-state index >= 15 is 0 Å². The number of hydrogen-bond donors (Lipinski definition) is 1. The van der Waals surface area contributed by atoms with E-state index < -0.39 is 21.5 Å². The Morgan fingerprint density at radius 3 is 2.32 bits per heavy atom. The molecule has 2 rings (SSSR count). The van der Waals surface area contributed by atoms with E-state index in [2.05, 4.69) is 12.2 Å². The molecule has 1 N–H and O–H groups in total. The number of nitrogens with one attached hydrogen (secondary N) is 1. The van der Waals surface area contributed by atoms with Crippen molar-refractivity contribution < 1.29 is 13.2 Å². The summed E-state index contributed by atoms with van der Waals surface area (Å²) in [5, 5.41) is 2.77. The average Bonchev–Trinajstić information content (AvgIpc) is 2.56. The third kappa shape index (κ3) is 5.71. The summed E-state index contributed by atoms with van der Waals surface area (Å²) in [6.45, 7) is 5.80. The molecule has 0 aliphatic rings. The Hall–Kier alpha value is -2.14. The van der Waals surface area contributed by atoms with Gasteiger partial charge in [-0.25, -0.2) is 8.42 Å². The Balaban J connectivity index is 1.97. The zero-order chi connectivity index (χ0) is 18.4. The Bertz CT molecular complexity index is 826. The number of carbonyl (C=O) groups is 1. The maximum atomic E-state index is 12.3. The number of carbonyl (C=O) groups excluding carboxylic acids is 1. The van der Waals surface area contributed by atoms with Crippen molar-refractivity contribution in [2.24, 2.45) is 0 Å². The molecule has 0 aliphatic heterocycles. The van der Waals surface area contributed by atoms with Crippen molar-refractivity contribution in [3.05, 3.63) is 70.8 Å². The molecule has 2 aromatic carbocycles. The first kappa shape index (κ1) is 19.2. The fourth-order valence-corrected chi connectivity index (χ4v) is 4.05. The fraction of sp³-hybridized carbons (Fsp3) is 0.350. The second kappa shape index (κ2) is 8.30. The molecule has 0 aromatic heterocycles. The highest BCUT2D eigenvalue weighted by Gasteiger charge is 2.20. The molecule has 1 unspecified atom stereocenters. The van der Waals surface area contributed by atoms with Gasteiger partial charge in [0.1, 0.15) is 5.75 Å². The van der Waals surface area contributed by atoms with Gasteiger partial charge < -0.3 is 5.32 Å². The summed E-state index contributed by atoms with van der Waals surface area (Å²) in [5.41, 5.74) is 3.83. The molecule has 0 bridgehead atoms. The van der Waals surface area contributed by atoms with Crippen LogP contribution in [0.3, 0.4) is 0 Å². The maximum absolute atomic E-state index is 12.3. The van der Waals surface area contributed by atoms with Crippen LogP contribution in [0.5, 0.6) is 0 Å². The summed E-state index contributed by atoms with van der Waals surface area (Å²) in [7, 11) is -3.51. The minimum Gasteiger partial charge on any atom is -0.349 e. The fourth-order valence-electron chi connectivity index (χ4n) is 2.67. The van der Waals surface area contributed by atoms with Crippen LogP contribution in [0.15, 0.2) is 48.5 Å². The van der Waals surface area contributed by atoms with Crippen molar-refractivity contribution in [2.75, 3.05) is 5.75 Å². The highest BCUT2D eigenvalue weighted by molar-refractivity contribution is 7.91. The number of hydrogen-bond acceptors (Lipinski definition) is 3. The minimum atomic E-state index is -3.51. The van der Waals surface area contributed by atoms with E-state index in [9.17, 15) is 13.2 Å². The molecule has 4 nitrogen and oxygen atoms in total. The lowest BCUT2D eigenvalue weighted by Gasteiger charge is -2.15. The Labute approximate surface area is 150 Å². The molecule has 25 heavy (non-hydrogen) atoms. The molecule has 0 aliphatic carbocycles. The summed E-state index contributed by atoms with van der Waals surface area (Å²) in [6.07, 6.45) is 0.957. The molecule has 0 fully saturated rings. The van der Waals surface area contributed by atoms with Gasteiger partial charge in [0.05, 0.1) is 11.8 Å². The first-order chi connectivity index (χ1) is 11.8. The lowest BCUT2D eigenvalue weighted by Crippen LogP contribution is -2.32. The zero-order valence-electron chi connectivity index (χ0n) is 15.0. The van der Waals surface area contributed by atoms with Crippen molar-refractivity contribution in [1.82, 2.24) is 5.32 Å². The van der Waals surface area contributed by atoms with Gasteiger partial charge in [-0.15, -0.1) is 0 Å². The molecule has 5 heteroatoms. The van der Waals surface area contributed by atoms with Crippen molar-refractivity contribution >= 4 is 15.7 Å². The second-order valence-electron chi connectivity index (χ2n) is 6.34. The molecule has 0 saturated carbocycles. The topological polar surface area (TPSA) is 63.2 Å². The largest absolute Gasteiger partial charge is 0.349 e. The first-order valence-electron chi connectivity index (χ1n) is 8.44. The van der Waals surface area contributed by atoms with Crippen LogP contribution in [-0.2, 0) is 26.8 Å². The van der Waals surface area contributed by atoms with Crippen LogP contribution in [0.4, 0.5) is 0 Å². The third-order valence-electron chi connectivity index (χ3n) is 4.25. The molecule has 0 spiro atoms. The molecule has 2 aromatic rings. The minimum absolute atomic E-state index is 0.118. The molecule has 134 valence electrons. The average molecular weight is 359 g/mol. The smallest absolute Gasteiger partial charge is 0.235 e. The van der Waals surface area contributed by atoms with Gasteiger partial charge in [0.2, 0.25) is 5.91 Å². The van der Waals surface area contributed by atoms with E-state index in [4.69, 9.17) is 0 Å². The Morgan fingerprint density at radius 1 is 1.08 bits per heavy atom. The monoisotopic (exact) mass is 359 g/mol. The quantitative estimate of drug-likeness (QED) is 0.824. The van der Waals surface area contributed by atoms with Crippen LogP contribution in [-0.4, -0.2) is 20.1 Å². The number of sulfone groups is 1. The molecule has 1 amide bonds. The van der Waals surface area contributed by atoms with Crippen LogP contribution in [0.25, 0.3) is 0 Å². The molecule has 0 heterocycles. The van der Waals surface area contributed by atoms with Gasteiger partial charge >= 0.3 is 0 Å². The lowest BCUT2D eigenvalue weighted by atomic mass is 10.1. The summed E-state index contributed by atoms with van der Waals surface area (Å²) >= 11 is 0. The van der Waals surface area contributed by atoms with Gasteiger partial charge in [-0.1, -0.05) is 55.5 Å². The van der Waals surface area contributed by atoms with Gasteiger partial charge in [-0.05, 0) is 42.5 Å². The van der Waals surface area contributed by atoms with Gasteiger partial charge in [0.15, 0.2) is 9.84 Å². The van der Waals surface area contributed by atoms with E-state index in [1.807, 2.05) is 50.2 Å². The molecular formula is C20H25NO3S. The molecule has 0 saturated heterocycles. The summed E-state index contributed by atoms with van der Waals surface area (Å²) in [4.78, 5) is 12.2. The Morgan fingerprint density at radius 2 is 1.72 bits per heavy atom. The van der Waals surface area contributed by atoms with Crippen LogP contribution in [0, 0.1) is 6.92 Å². The van der Waals surface area contributed by atoms with Gasteiger partial charge in [-0.3, -0.25) is 4.79 Å². The normalized spacial score (nSPS) is 12.6. The van der Waals surface area contributed by atoms with Crippen LogP contribution >= 0.6 is 0 Å². The summed E-state index contributed by atoms with van der Waals surface area (Å²) < 4.78 is 24.6. The third-order valence-corrected chi connectivity index (χ3v) is 5.71. The van der Waals surface area contributed by atoms with Crippen LogP contribution in [0.2, 0.25) is 0 Å². The molecule has 0 radical (unpaired) electrons. The zero-order valence-corrected chi connectivity index (χ0v) is 15.8. The SMILES string of the molecule is CCc1ccc(C(C)NC(=O)CS(=O)(=O)Cc2ccccc2C)cc1. The van der Waals surface area contributed by atoms with Crippen molar-refractivity contribution in [1.29, 1.82) is 0 Å². The standard InChI is InChI=1S/C20H25NO3S/c1-4-17-9-11-18(12-10-17)16(3)21-20(22)14-25(23,24)13-19-8-6-5-7-15(19)2/h5-12,16H,4,13-14H2,1-3H3,(H,21,22). The summed E-state index contributed by atoms with van der Waals surface area (Å²) in [5.74, 6) is -1.09. The highest BCUT2D eigenvalue weighted by atomic mass is 32.2. The van der Waals surface area contributed by atoms with Crippen molar-refractivity contribution in [3.63, 3.8) is 0 Å². The van der Waals surface area contributed by atoms with E-state index in [1.165, 1.54) is 5.56 Å². The predicted molar refractivity (Wildman–Crippen MR) is 101 cm³/mol. The van der Waals surface area contributed by atoms with Crippen LogP contribution in [0.1, 0.15) is 42.1 Å². The van der Waals surface area contributed by atoms with Gasteiger partial charge in [0.25, 0.3) is 0 Å². The maximum Gasteiger partial charge on any atom is 0.235 e. The van der Waals surface area contributed by atoms with Crippen molar-refractivity contribution in [2.45, 2.75) is 39.0 Å². The summed E-state index contributed by atoms with van der Waals surface area (Å²) in [6, 6.07) is 15.1. The van der Waals surface area contributed by atoms with Crippen LogP contribution < -0.4 is 5.32 Å².